The van der Waals surface area contributed by atoms with Gasteiger partial charge in [-0.2, -0.15) is 5.01 Å². The Morgan fingerprint density at radius 3 is 2.15 bits per heavy atom. The van der Waals surface area contributed by atoms with Gasteiger partial charge in [0.25, 0.3) is 17.7 Å². The van der Waals surface area contributed by atoms with Gasteiger partial charge in [-0.05, 0) is 74.0 Å². The molecule has 3 heterocycles. The number of nitrogens with two attached hydrogens (primary N) is 1. The second-order valence-electron chi connectivity index (χ2n) is 24.4. The maximum atomic E-state index is 15.5. The smallest absolute Gasteiger partial charge is 0.312 e. The van der Waals surface area contributed by atoms with E-state index in [1.807, 2.05) is 75.2 Å². The SMILES string of the molecule is CC[C@H](C)[C@@H](C(=O)N(C)[C@H](C[C@@H](OC(C)=O)c1nc(C(=O)N[C@@H](Cc2ccccc2)C[C@H](C)C(=O)O)cs1)C(C)C)N1C(=O)C[C@H]2CCCC[N+]21Cc1ccc(NC(=O)[C@H](CCCNC(N)=O)NC(=O)[C@@H](NC(=O)CCC(=O)C(C)C)C(C)C)cc1. The lowest BCUT2D eigenvalue weighted by atomic mass is 9.92. The summed E-state index contributed by atoms with van der Waals surface area (Å²) in [6.45, 7) is 18.9. The average Bonchev–Trinajstić information content (AvgIpc) is 1.70. The van der Waals surface area contributed by atoms with E-state index >= 15 is 4.79 Å². The number of ketones is 1. The molecule has 2 aromatic carbocycles. The van der Waals surface area contributed by atoms with Crippen LogP contribution in [0.3, 0.4) is 0 Å². The number of fused-ring (bicyclic) bond motifs is 1. The van der Waals surface area contributed by atoms with Crippen LogP contribution in [-0.4, -0.2) is 140 Å². The van der Waals surface area contributed by atoms with Crippen molar-refractivity contribution in [1.29, 1.82) is 0 Å². The van der Waals surface area contributed by atoms with E-state index in [4.69, 9.17) is 10.5 Å². The molecule has 0 bridgehead atoms. The zero-order valence-electron chi connectivity index (χ0n) is 52.0. The number of carbonyl (C=O) groups is 10. The number of quaternary nitrogens is 1. The van der Waals surface area contributed by atoms with Crippen LogP contribution in [0.1, 0.15) is 173 Å². The largest absolute Gasteiger partial charge is 0.481 e. The maximum absolute atomic E-state index is 15.5. The molecule has 22 nitrogen and oxygen atoms in total. The third-order valence-corrected chi connectivity index (χ3v) is 17.7. The van der Waals surface area contributed by atoms with E-state index in [1.165, 1.54) is 6.92 Å². The number of aromatic nitrogens is 1. The summed E-state index contributed by atoms with van der Waals surface area (Å²) in [6.07, 6.45) is 3.44. The molecule has 3 aromatic rings. The van der Waals surface area contributed by atoms with Gasteiger partial charge in [-0.15, -0.1) is 11.3 Å². The minimum atomic E-state index is -1.09. The van der Waals surface area contributed by atoms with Crippen LogP contribution < -0.4 is 32.3 Å². The van der Waals surface area contributed by atoms with Gasteiger partial charge < -0.3 is 47.1 Å². The fourth-order valence-electron chi connectivity index (χ4n) is 11.6. The van der Waals surface area contributed by atoms with Crippen LogP contribution in [0.25, 0.3) is 0 Å². The molecule has 1 unspecified atom stereocenters. The molecule has 2 aliphatic rings. The predicted molar refractivity (Wildman–Crippen MR) is 326 cm³/mol. The highest BCUT2D eigenvalue weighted by atomic mass is 32.1. The van der Waals surface area contributed by atoms with Crippen molar-refractivity contribution in [3.8, 4) is 0 Å². The first kappa shape index (κ1) is 69.5. The molecular weight excluding hydrogens is 1120 g/mol. The number of benzene rings is 2. The molecule has 5 rings (SSSR count). The number of esters is 1. The number of carboxylic acid groups (broad SMARTS) is 1. The molecule has 472 valence electrons. The number of ether oxygens (including phenoxy) is 1. The lowest BCUT2D eigenvalue weighted by Crippen LogP contribution is -2.68. The van der Waals surface area contributed by atoms with Crippen LogP contribution in [0.15, 0.2) is 60.0 Å². The summed E-state index contributed by atoms with van der Waals surface area (Å²) in [7, 11) is 1.72. The Morgan fingerprint density at radius 1 is 0.860 bits per heavy atom. The molecule has 0 spiro atoms. The van der Waals surface area contributed by atoms with Crippen LogP contribution in [0.2, 0.25) is 0 Å². The Bertz CT molecular complexity index is 2830. The average molecular weight is 1210 g/mol. The fourth-order valence-corrected chi connectivity index (χ4v) is 12.5. The number of amides is 8. The lowest BCUT2D eigenvalue weighted by molar-refractivity contribution is -1.05. The van der Waals surface area contributed by atoms with Crippen LogP contribution in [0.5, 0.6) is 0 Å². The summed E-state index contributed by atoms with van der Waals surface area (Å²) in [6, 6.07) is 11.8. The summed E-state index contributed by atoms with van der Waals surface area (Å²) >= 11 is 1.14. The van der Waals surface area contributed by atoms with Crippen LogP contribution >= 0.6 is 11.3 Å². The minimum Gasteiger partial charge on any atom is -0.481 e. The van der Waals surface area contributed by atoms with Gasteiger partial charge in [0.1, 0.15) is 47.7 Å². The standard InChI is InChI=1S/C63H92N10O12S/c1-12-40(8)56(61(81)71(11)50(37(2)3)34-52(85-42(10)74)60-69-49(36-86-60)58(79)67-46(31-41(9)62(82)83)32-43-19-14-13-15-20-43)72-54(77)33-47-21-16-17-30-73(47,72)35-44-23-25-45(26-24-44)66-57(78)48(22-18-29-65-63(64)84)68-59(80)55(39(6)7)70-53(76)28-27-51(75)38(4)5/h13-15,19-20,23-26,36-41,46-48,50,52,55-56H,12,16-18,21-22,27-35H2,1-11H3,(H7-,64,65,66,67,68,70,76,78,79,80,82,83,84)/p+1/t40-,41-,46+,47+,48-,50+,52+,55-,56-,73?/m0/s1. The van der Waals surface area contributed by atoms with Crippen molar-refractivity contribution < 1.29 is 62.4 Å². The Balaban J connectivity index is 1.37. The summed E-state index contributed by atoms with van der Waals surface area (Å²) in [5.74, 6) is -5.92. The first-order valence-electron chi connectivity index (χ1n) is 30.4. The van der Waals surface area contributed by atoms with Gasteiger partial charge in [0.2, 0.25) is 17.7 Å². The number of carboxylic acids is 1. The van der Waals surface area contributed by atoms with Crippen LogP contribution in [0.4, 0.5) is 10.5 Å². The van der Waals surface area contributed by atoms with Crippen molar-refractivity contribution >= 4 is 76.2 Å². The molecule has 1 aromatic heterocycles. The van der Waals surface area contributed by atoms with Crippen molar-refractivity contribution in [1.82, 2.24) is 36.2 Å². The van der Waals surface area contributed by atoms with Crippen molar-refractivity contribution in [3.05, 3.63) is 81.8 Å². The zero-order valence-corrected chi connectivity index (χ0v) is 52.8. The van der Waals surface area contributed by atoms with Crippen LogP contribution in [-0.2, 0) is 56.1 Å². The van der Waals surface area contributed by atoms with E-state index in [0.717, 1.165) is 41.7 Å². The van der Waals surface area contributed by atoms with Gasteiger partial charge in [-0.1, -0.05) is 111 Å². The molecule has 0 saturated carbocycles. The normalized spacial score (nSPS) is 18.6. The summed E-state index contributed by atoms with van der Waals surface area (Å²) in [4.78, 5) is 140. The first-order valence-corrected chi connectivity index (χ1v) is 31.3. The fraction of sp³-hybridized carbons (Fsp3) is 0.603. The van der Waals surface area contributed by atoms with E-state index in [0.29, 0.717) is 36.6 Å². The second-order valence-corrected chi connectivity index (χ2v) is 25.3. The number of aliphatic carboxylic acids is 1. The van der Waals surface area contributed by atoms with Crippen molar-refractivity contribution in [2.45, 2.75) is 195 Å². The maximum Gasteiger partial charge on any atom is 0.312 e. The predicted octanol–water partition coefficient (Wildman–Crippen LogP) is 7.22. The number of piperidine rings is 1. The summed E-state index contributed by atoms with van der Waals surface area (Å²) in [5, 5.41) is 27.4. The van der Waals surface area contributed by atoms with E-state index in [1.54, 1.807) is 64.1 Å². The number of nitrogens with zero attached hydrogens (tertiary/aromatic N) is 4. The highest BCUT2D eigenvalue weighted by molar-refractivity contribution is 7.09. The number of primary amides is 1. The van der Waals surface area contributed by atoms with E-state index in [-0.39, 0.29) is 109 Å². The first-order chi connectivity index (χ1) is 40.6. The Hall–Kier alpha value is -7.27. The van der Waals surface area contributed by atoms with Crippen molar-refractivity contribution in [3.63, 3.8) is 0 Å². The van der Waals surface area contributed by atoms with Gasteiger partial charge in [0.15, 0.2) is 12.1 Å². The topological polar surface area (TPSA) is 306 Å². The summed E-state index contributed by atoms with van der Waals surface area (Å²) < 4.78 is 6.17. The van der Waals surface area contributed by atoms with Crippen molar-refractivity contribution in [2.24, 2.45) is 35.3 Å². The molecule has 8 amide bonds. The van der Waals surface area contributed by atoms with Gasteiger partial charge in [0, 0.05) is 80.8 Å². The van der Waals surface area contributed by atoms with E-state index in [9.17, 15) is 48.3 Å². The Morgan fingerprint density at radius 2 is 1.55 bits per heavy atom. The number of nitrogens with one attached hydrogen (secondary N) is 5. The number of hydrogen-bond donors (Lipinski definition) is 7. The number of rotatable bonds is 33. The van der Waals surface area contributed by atoms with Crippen molar-refractivity contribution in [2.75, 3.05) is 25.5 Å². The highest BCUT2D eigenvalue weighted by Crippen LogP contribution is 2.43. The van der Waals surface area contributed by atoms with Crippen LogP contribution in [0, 0.1) is 29.6 Å². The minimum absolute atomic E-state index is 0.0307. The zero-order chi connectivity index (χ0) is 63.6. The van der Waals surface area contributed by atoms with E-state index in [2.05, 4.69) is 31.6 Å². The van der Waals surface area contributed by atoms with E-state index < -0.39 is 83.8 Å². The van der Waals surface area contributed by atoms with Gasteiger partial charge in [0.05, 0.1) is 12.3 Å². The monoisotopic (exact) mass is 1210 g/mol. The summed E-state index contributed by atoms with van der Waals surface area (Å²) in [5.41, 5.74) is 7.56. The molecule has 8 N–H and O–H groups in total. The molecule has 86 heavy (non-hydrogen) atoms. The van der Waals surface area contributed by atoms with Gasteiger partial charge in [-0.25, -0.2) is 14.4 Å². The molecule has 2 aliphatic heterocycles. The molecule has 0 aliphatic carbocycles. The number of likely N-dealkylation sites (N-methyl/N-ethyl adjacent to an activating group) is 1. The molecule has 10 atom stereocenters. The van der Waals surface area contributed by atoms with Gasteiger partial charge in [-0.3, -0.25) is 43.2 Å². The number of Topliss-reactive ketones (excluding diaryl/α,β-unsaturated/α-hetero) is 1. The number of hydrogen-bond acceptors (Lipinski definition) is 13. The number of carbonyl (C=O) groups excluding carboxylic acids is 9. The molecule has 2 fully saturated rings. The molecule has 23 heteroatoms. The molecule has 2 saturated heterocycles. The second kappa shape index (κ2) is 32.5. The Kier molecular flexibility index (Phi) is 26.2. The number of urea groups is 1. The quantitative estimate of drug-likeness (QED) is 0.0180. The third-order valence-electron chi connectivity index (χ3n) is 16.7. The number of thiazole rings is 1. The molecule has 0 radical (unpaired) electrons. The number of anilines is 1. The molecular formula is C63H93N10O12S+. The van der Waals surface area contributed by atoms with Gasteiger partial charge >= 0.3 is 18.0 Å². The Labute approximate surface area is 510 Å². The third kappa shape index (κ3) is 19.4. The lowest BCUT2D eigenvalue weighted by Gasteiger charge is -2.50. The highest BCUT2D eigenvalue weighted by Gasteiger charge is 2.59.